The van der Waals surface area contributed by atoms with Crippen molar-refractivity contribution >= 4 is 33.6 Å². The van der Waals surface area contributed by atoms with Crippen LogP contribution in [0, 0.1) is 0 Å². The van der Waals surface area contributed by atoms with E-state index in [0.29, 0.717) is 12.5 Å². The molecule has 0 atom stereocenters. The third-order valence-electron chi connectivity index (χ3n) is 5.64. The Morgan fingerprint density at radius 1 is 0.875 bits per heavy atom. The summed E-state index contributed by atoms with van der Waals surface area (Å²) in [4.78, 5) is 15.6. The molecule has 7 heteroatoms. The van der Waals surface area contributed by atoms with Crippen LogP contribution in [0.5, 0.6) is 0 Å². The number of nitrogens with zero attached hydrogens (tertiary/aromatic N) is 2. The molecule has 0 radical (unpaired) electrons. The molecule has 2 aromatic carbocycles. The van der Waals surface area contributed by atoms with Crippen LogP contribution in [0.15, 0.2) is 67.1 Å². The van der Waals surface area contributed by atoms with Crippen molar-refractivity contribution in [2.45, 2.75) is 19.5 Å². The van der Waals surface area contributed by atoms with Crippen molar-refractivity contribution in [2.24, 2.45) is 0 Å². The van der Waals surface area contributed by atoms with E-state index in [2.05, 4.69) is 84.5 Å². The molecular weight excluding hydrogens is 398 g/mol. The van der Waals surface area contributed by atoms with Gasteiger partial charge in [0.15, 0.2) is 0 Å². The van der Waals surface area contributed by atoms with Gasteiger partial charge in [0.2, 0.25) is 5.95 Å². The molecule has 3 aromatic heterocycles. The van der Waals surface area contributed by atoms with E-state index in [1.165, 1.54) is 33.0 Å². The summed E-state index contributed by atoms with van der Waals surface area (Å²) in [5, 5.41) is 12.4. The maximum Gasteiger partial charge on any atom is 0.224 e. The molecule has 5 N–H and O–H groups in total. The lowest BCUT2D eigenvalue weighted by molar-refractivity contribution is 0.819. The van der Waals surface area contributed by atoms with Crippen molar-refractivity contribution < 1.29 is 0 Å². The second kappa shape index (κ2) is 9.11. The number of aromatic nitrogens is 4. The van der Waals surface area contributed by atoms with Gasteiger partial charge >= 0.3 is 0 Å². The first kappa shape index (κ1) is 20.1. The van der Waals surface area contributed by atoms with Crippen LogP contribution in [0.4, 0.5) is 11.8 Å². The molecule has 0 fully saturated rings. The third-order valence-corrected chi connectivity index (χ3v) is 5.64. The first-order chi connectivity index (χ1) is 15.8. The quantitative estimate of drug-likeness (QED) is 0.241. The molecule has 0 saturated carbocycles. The summed E-state index contributed by atoms with van der Waals surface area (Å²) in [6.45, 7) is 2.34. The zero-order valence-electron chi connectivity index (χ0n) is 18.1. The fourth-order valence-corrected chi connectivity index (χ4v) is 4.00. The van der Waals surface area contributed by atoms with Crippen molar-refractivity contribution in [1.82, 2.24) is 25.3 Å². The highest BCUT2D eigenvalue weighted by atomic mass is 15.1. The van der Waals surface area contributed by atoms with E-state index in [4.69, 9.17) is 0 Å². The van der Waals surface area contributed by atoms with Crippen LogP contribution in [0.3, 0.4) is 0 Å². The normalized spacial score (nSPS) is 11.3. The molecule has 32 heavy (non-hydrogen) atoms. The topological polar surface area (TPSA) is 93.5 Å². The molecule has 0 amide bonds. The zero-order chi connectivity index (χ0) is 21.8. The van der Waals surface area contributed by atoms with Gasteiger partial charge < -0.3 is 25.9 Å². The summed E-state index contributed by atoms with van der Waals surface area (Å²) < 4.78 is 0. The number of H-pyrrole nitrogens is 2. The standard InChI is InChI=1S/C25H27N7/c1-26-14-18-3-5-23-21(13-18)20(16-30-23)7-10-28-25-29-11-8-24(32-25)31-15-17-2-4-22-19(12-17)6-9-27-22/h2-6,8-9,11-13,16,26-27,30H,7,10,14-15H2,1H3,(H2,28,29,31,32). The number of anilines is 2. The number of nitrogens with one attached hydrogen (secondary N) is 5. The Hall–Kier alpha value is -3.84. The van der Waals surface area contributed by atoms with Gasteiger partial charge in [-0.1, -0.05) is 12.1 Å². The summed E-state index contributed by atoms with van der Waals surface area (Å²) >= 11 is 0. The highest BCUT2D eigenvalue weighted by Crippen LogP contribution is 2.21. The van der Waals surface area contributed by atoms with Crippen molar-refractivity contribution in [3.05, 3.63) is 83.8 Å². The molecule has 0 aliphatic rings. The van der Waals surface area contributed by atoms with Crippen LogP contribution in [-0.4, -0.2) is 33.5 Å². The van der Waals surface area contributed by atoms with E-state index in [1.54, 1.807) is 6.20 Å². The first-order valence-electron chi connectivity index (χ1n) is 10.9. The smallest absolute Gasteiger partial charge is 0.224 e. The molecule has 162 valence electrons. The minimum absolute atomic E-state index is 0.631. The lowest BCUT2D eigenvalue weighted by atomic mass is 10.1. The Bertz CT molecular complexity index is 1330. The molecule has 0 aliphatic carbocycles. The second-order valence-corrected chi connectivity index (χ2v) is 7.92. The zero-order valence-corrected chi connectivity index (χ0v) is 18.1. The highest BCUT2D eigenvalue weighted by Gasteiger charge is 2.06. The molecule has 0 unspecified atom stereocenters. The Morgan fingerprint density at radius 3 is 2.66 bits per heavy atom. The Morgan fingerprint density at radius 2 is 1.75 bits per heavy atom. The van der Waals surface area contributed by atoms with Gasteiger partial charge in [-0.05, 0) is 71.9 Å². The van der Waals surface area contributed by atoms with Crippen LogP contribution in [0.25, 0.3) is 21.8 Å². The van der Waals surface area contributed by atoms with Gasteiger partial charge in [-0.2, -0.15) is 4.98 Å². The summed E-state index contributed by atoms with van der Waals surface area (Å²) in [7, 11) is 1.97. The predicted octanol–water partition coefficient (Wildman–Crippen LogP) is 4.43. The van der Waals surface area contributed by atoms with Gasteiger partial charge in [-0.15, -0.1) is 0 Å². The van der Waals surface area contributed by atoms with Crippen molar-refractivity contribution in [3.63, 3.8) is 0 Å². The molecule has 0 bridgehead atoms. The SMILES string of the molecule is CNCc1ccc2[nH]cc(CCNc3nccc(NCc4ccc5[nH]ccc5c4)n3)c2c1. The molecule has 0 spiro atoms. The van der Waals surface area contributed by atoms with Gasteiger partial charge in [-0.3, -0.25) is 0 Å². The average molecular weight is 426 g/mol. The summed E-state index contributed by atoms with van der Waals surface area (Å²) in [5.74, 6) is 1.44. The average Bonchev–Trinajstić information content (AvgIpc) is 3.45. The highest BCUT2D eigenvalue weighted by molar-refractivity contribution is 5.84. The molecule has 5 aromatic rings. The van der Waals surface area contributed by atoms with Gasteiger partial charge in [-0.25, -0.2) is 4.98 Å². The Kier molecular flexibility index (Phi) is 5.72. The molecule has 7 nitrogen and oxygen atoms in total. The van der Waals surface area contributed by atoms with Crippen molar-refractivity contribution in [3.8, 4) is 0 Å². The van der Waals surface area contributed by atoms with Crippen LogP contribution in [-0.2, 0) is 19.5 Å². The molecule has 0 saturated heterocycles. The number of benzene rings is 2. The van der Waals surface area contributed by atoms with E-state index in [0.717, 1.165) is 30.8 Å². The lowest BCUT2D eigenvalue weighted by Crippen LogP contribution is -2.09. The third kappa shape index (κ3) is 4.43. The number of hydrogen-bond donors (Lipinski definition) is 5. The molecule has 3 heterocycles. The molecule has 5 rings (SSSR count). The maximum atomic E-state index is 4.60. The number of rotatable bonds is 9. The fraction of sp³-hybridized carbons (Fsp3) is 0.200. The largest absolute Gasteiger partial charge is 0.366 e. The minimum atomic E-state index is 0.631. The van der Waals surface area contributed by atoms with Crippen molar-refractivity contribution in [2.75, 3.05) is 24.2 Å². The van der Waals surface area contributed by atoms with E-state index < -0.39 is 0 Å². The van der Waals surface area contributed by atoms with Crippen LogP contribution < -0.4 is 16.0 Å². The maximum absolute atomic E-state index is 4.60. The van der Waals surface area contributed by atoms with Gasteiger partial charge in [0.1, 0.15) is 5.82 Å². The summed E-state index contributed by atoms with van der Waals surface area (Å²) in [6, 6.07) is 16.9. The number of aromatic amines is 2. The molecule has 0 aliphatic heterocycles. The fourth-order valence-electron chi connectivity index (χ4n) is 4.00. The van der Waals surface area contributed by atoms with E-state index in [1.807, 2.05) is 19.3 Å². The van der Waals surface area contributed by atoms with Gasteiger partial charge in [0.05, 0.1) is 0 Å². The van der Waals surface area contributed by atoms with Crippen LogP contribution >= 0.6 is 0 Å². The minimum Gasteiger partial charge on any atom is -0.366 e. The van der Waals surface area contributed by atoms with Gasteiger partial charge in [0.25, 0.3) is 0 Å². The Labute approximate surface area is 186 Å². The Balaban J connectivity index is 1.19. The van der Waals surface area contributed by atoms with Crippen LogP contribution in [0.1, 0.15) is 16.7 Å². The van der Waals surface area contributed by atoms with E-state index in [9.17, 15) is 0 Å². The monoisotopic (exact) mass is 425 g/mol. The predicted molar refractivity (Wildman–Crippen MR) is 131 cm³/mol. The number of fused-ring (bicyclic) bond motifs is 2. The van der Waals surface area contributed by atoms with Crippen molar-refractivity contribution in [1.29, 1.82) is 0 Å². The van der Waals surface area contributed by atoms with E-state index >= 15 is 0 Å². The van der Waals surface area contributed by atoms with Gasteiger partial charge in [0, 0.05) is 54.6 Å². The second-order valence-electron chi connectivity index (χ2n) is 7.92. The number of hydrogen-bond acceptors (Lipinski definition) is 5. The van der Waals surface area contributed by atoms with E-state index in [-0.39, 0.29) is 0 Å². The van der Waals surface area contributed by atoms with Crippen LogP contribution in [0.2, 0.25) is 0 Å². The summed E-state index contributed by atoms with van der Waals surface area (Å²) in [6.07, 6.45) is 6.72. The molecular formula is C25H27N7. The summed E-state index contributed by atoms with van der Waals surface area (Å²) in [5.41, 5.74) is 6.10. The first-order valence-corrected chi connectivity index (χ1v) is 10.9. The lowest BCUT2D eigenvalue weighted by Gasteiger charge is -2.09.